The fraction of sp³-hybridized carbons (Fsp3) is 0.267. The van der Waals surface area contributed by atoms with E-state index in [2.05, 4.69) is 19.1 Å². The molecule has 1 heteroatoms. The zero-order chi connectivity index (χ0) is 11.5. The molecule has 0 fully saturated rings. The van der Waals surface area contributed by atoms with E-state index in [0.29, 0.717) is 0 Å². The first kappa shape index (κ1) is 10.9. The van der Waals surface area contributed by atoms with Gasteiger partial charge in [0.05, 0.1) is 0 Å². The number of hydrogen-bond donors (Lipinski definition) is 0. The van der Waals surface area contributed by atoms with Crippen LogP contribution in [0.2, 0.25) is 0 Å². The van der Waals surface area contributed by atoms with Crippen LogP contribution in [-0.4, -0.2) is 5.78 Å². The highest BCUT2D eigenvalue weighted by Gasteiger charge is 2.21. The third kappa shape index (κ3) is 1.99. The molecule has 1 nitrogen and oxygen atoms in total. The van der Waals surface area contributed by atoms with Gasteiger partial charge in [-0.25, -0.2) is 0 Å². The van der Waals surface area contributed by atoms with E-state index in [4.69, 9.17) is 0 Å². The normalized spacial score (nSPS) is 16.6. The fourth-order valence-electron chi connectivity index (χ4n) is 2.16. The van der Waals surface area contributed by atoms with Crippen LogP contribution in [-0.2, 0) is 0 Å². The molecule has 0 aromatic heterocycles. The summed E-state index contributed by atoms with van der Waals surface area (Å²) in [5.74, 6) is 0.219. The number of rotatable bonds is 3. The average Bonchev–Trinajstić information content (AvgIpc) is 2.75. The molecule has 0 amide bonds. The molecule has 1 aromatic rings. The highest BCUT2D eigenvalue weighted by molar-refractivity contribution is 5.99. The van der Waals surface area contributed by atoms with Crippen LogP contribution >= 0.6 is 0 Å². The van der Waals surface area contributed by atoms with Gasteiger partial charge in [-0.05, 0) is 13.3 Å². The van der Waals surface area contributed by atoms with Gasteiger partial charge in [-0.15, -0.1) is 0 Å². The maximum atomic E-state index is 12.2. The zero-order valence-electron chi connectivity index (χ0n) is 9.73. The first-order chi connectivity index (χ1) is 7.70. The Hall–Kier alpha value is -1.63. The molecule has 82 valence electrons. The predicted octanol–water partition coefficient (Wildman–Crippen LogP) is 3.78. The molecule has 0 saturated heterocycles. The Morgan fingerprint density at radius 3 is 2.50 bits per heavy atom. The number of carbonyl (C=O) groups is 1. The van der Waals surface area contributed by atoms with Gasteiger partial charge in [-0.1, -0.05) is 60.6 Å². The van der Waals surface area contributed by atoms with Crippen molar-refractivity contribution >= 4 is 5.78 Å². The van der Waals surface area contributed by atoms with E-state index in [1.807, 2.05) is 37.3 Å². The van der Waals surface area contributed by atoms with Crippen molar-refractivity contribution in [3.05, 3.63) is 59.2 Å². The van der Waals surface area contributed by atoms with Crippen molar-refractivity contribution in [2.24, 2.45) is 5.92 Å². The standard InChI is InChI=1S/C15H16O/c1-11-7-6-10-14(11)12(2)15(16)13-8-4-3-5-9-13/h3-9,12H,10H2,1-2H3. The molecule has 1 aliphatic carbocycles. The van der Waals surface area contributed by atoms with E-state index in [0.717, 1.165) is 12.0 Å². The number of ketones is 1. The van der Waals surface area contributed by atoms with E-state index < -0.39 is 0 Å². The quantitative estimate of drug-likeness (QED) is 0.697. The zero-order valence-corrected chi connectivity index (χ0v) is 9.73. The summed E-state index contributed by atoms with van der Waals surface area (Å²) >= 11 is 0. The minimum atomic E-state index is -0.00241. The number of hydrogen-bond acceptors (Lipinski definition) is 1. The molecule has 0 bridgehead atoms. The van der Waals surface area contributed by atoms with Gasteiger partial charge in [0, 0.05) is 11.5 Å². The summed E-state index contributed by atoms with van der Waals surface area (Å²) < 4.78 is 0. The minimum Gasteiger partial charge on any atom is -0.294 e. The van der Waals surface area contributed by atoms with Gasteiger partial charge < -0.3 is 0 Å². The van der Waals surface area contributed by atoms with Crippen LogP contribution < -0.4 is 0 Å². The Morgan fingerprint density at radius 1 is 1.25 bits per heavy atom. The molecule has 1 atom stereocenters. The fourth-order valence-corrected chi connectivity index (χ4v) is 2.16. The smallest absolute Gasteiger partial charge is 0.169 e. The molecule has 0 N–H and O–H groups in total. The van der Waals surface area contributed by atoms with Crippen molar-refractivity contribution in [3.8, 4) is 0 Å². The average molecular weight is 212 g/mol. The van der Waals surface area contributed by atoms with Gasteiger partial charge in [0.1, 0.15) is 0 Å². The van der Waals surface area contributed by atoms with Gasteiger partial charge in [0.2, 0.25) is 0 Å². The van der Waals surface area contributed by atoms with Gasteiger partial charge in [0.15, 0.2) is 5.78 Å². The molecule has 0 saturated carbocycles. The highest BCUT2D eigenvalue weighted by atomic mass is 16.1. The van der Waals surface area contributed by atoms with Crippen molar-refractivity contribution in [2.45, 2.75) is 20.3 Å². The third-order valence-electron chi connectivity index (χ3n) is 3.19. The first-order valence-electron chi connectivity index (χ1n) is 5.65. The SMILES string of the molecule is CC1=C(C(C)C(=O)c2ccccc2)CC=C1. The predicted molar refractivity (Wildman–Crippen MR) is 66.4 cm³/mol. The van der Waals surface area contributed by atoms with E-state index in [9.17, 15) is 4.79 Å². The highest BCUT2D eigenvalue weighted by Crippen LogP contribution is 2.28. The number of benzene rings is 1. The van der Waals surface area contributed by atoms with Gasteiger partial charge in [-0.2, -0.15) is 0 Å². The Bertz CT molecular complexity index is 452. The topological polar surface area (TPSA) is 17.1 Å². The van der Waals surface area contributed by atoms with E-state index >= 15 is 0 Å². The van der Waals surface area contributed by atoms with Crippen LogP contribution in [0.4, 0.5) is 0 Å². The minimum absolute atomic E-state index is 0.00241. The second-order valence-corrected chi connectivity index (χ2v) is 4.27. The molecule has 2 rings (SSSR count). The summed E-state index contributed by atoms with van der Waals surface area (Å²) in [6.45, 7) is 4.08. The molecule has 0 heterocycles. The molecule has 0 aliphatic heterocycles. The molecule has 1 unspecified atom stereocenters. The second-order valence-electron chi connectivity index (χ2n) is 4.27. The maximum absolute atomic E-state index is 12.2. The Morgan fingerprint density at radius 2 is 1.94 bits per heavy atom. The van der Waals surface area contributed by atoms with Crippen molar-refractivity contribution < 1.29 is 4.79 Å². The van der Waals surface area contributed by atoms with Crippen molar-refractivity contribution in [1.82, 2.24) is 0 Å². The van der Waals surface area contributed by atoms with Crippen molar-refractivity contribution in [1.29, 1.82) is 0 Å². The molecular weight excluding hydrogens is 196 g/mol. The molecule has 0 radical (unpaired) electrons. The van der Waals surface area contributed by atoms with Gasteiger partial charge in [0.25, 0.3) is 0 Å². The molecular formula is C15H16O. The van der Waals surface area contributed by atoms with E-state index in [1.165, 1.54) is 11.1 Å². The second kappa shape index (κ2) is 4.48. The first-order valence-corrected chi connectivity index (χ1v) is 5.65. The van der Waals surface area contributed by atoms with Crippen LogP contribution in [0.15, 0.2) is 53.6 Å². The van der Waals surface area contributed by atoms with Crippen molar-refractivity contribution in [3.63, 3.8) is 0 Å². The lowest BCUT2D eigenvalue weighted by Gasteiger charge is -2.13. The van der Waals surface area contributed by atoms with Crippen LogP contribution in [0.5, 0.6) is 0 Å². The summed E-state index contributed by atoms with van der Waals surface area (Å²) in [4.78, 5) is 12.2. The van der Waals surface area contributed by atoms with Crippen LogP contribution in [0.3, 0.4) is 0 Å². The summed E-state index contributed by atoms with van der Waals surface area (Å²) in [5.41, 5.74) is 3.31. The number of carbonyl (C=O) groups excluding carboxylic acids is 1. The summed E-state index contributed by atoms with van der Waals surface area (Å²) in [5, 5.41) is 0. The maximum Gasteiger partial charge on any atom is 0.169 e. The monoisotopic (exact) mass is 212 g/mol. The molecule has 1 aromatic carbocycles. The third-order valence-corrected chi connectivity index (χ3v) is 3.19. The van der Waals surface area contributed by atoms with Gasteiger partial charge >= 0.3 is 0 Å². The summed E-state index contributed by atoms with van der Waals surface area (Å²) in [6, 6.07) is 9.53. The largest absolute Gasteiger partial charge is 0.294 e. The Labute approximate surface area is 96.5 Å². The lowest BCUT2D eigenvalue weighted by Crippen LogP contribution is -2.13. The summed E-state index contributed by atoms with van der Waals surface area (Å²) in [7, 11) is 0. The molecule has 1 aliphatic rings. The van der Waals surface area contributed by atoms with Crippen LogP contribution in [0, 0.1) is 5.92 Å². The molecule has 0 spiro atoms. The van der Waals surface area contributed by atoms with E-state index in [1.54, 1.807) is 0 Å². The van der Waals surface area contributed by atoms with Crippen LogP contribution in [0.1, 0.15) is 30.6 Å². The van der Waals surface area contributed by atoms with Crippen molar-refractivity contribution in [2.75, 3.05) is 0 Å². The van der Waals surface area contributed by atoms with Gasteiger partial charge in [-0.3, -0.25) is 4.79 Å². The van der Waals surface area contributed by atoms with E-state index in [-0.39, 0.29) is 11.7 Å². The number of allylic oxidation sites excluding steroid dienone is 4. The Kier molecular flexibility index (Phi) is 3.04. The number of Topliss-reactive ketones (excluding diaryl/α,β-unsaturated/α-hetero) is 1. The summed E-state index contributed by atoms with van der Waals surface area (Å²) in [6.07, 6.45) is 5.15. The lowest BCUT2D eigenvalue weighted by atomic mass is 9.90. The van der Waals surface area contributed by atoms with Crippen LogP contribution in [0.25, 0.3) is 0 Å². The lowest BCUT2D eigenvalue weighted by molar-refractivity contribution is 0.0947. The molecule has 16 heavy (non-hydrogen) atoms. The Balaban J connectivity index is 2.21.